The summed E-state index contributed by atoms with van der Waals surface area (Å²) in [4.78, 5) is 64.1. The first-order valence-electron chi connectivity index (χ1n) is 17.0. The Kier molecular flexibility index (Phi) is 11.8. The molecule has 0 aliphatic carbocycles. The highest BCUT2D eigenvalue weighted by Crippen LogP contribution is 2.36. The summed E-state index contributed by atoms with van der Waals surface area (Å²) in [6, 6.07) is 4.06. The molecule has 0 saturated carbocycles. The smallest absolute Gasteiger partial charge is 0.355 e. The van der Waals surface area contributed by atoms with Gasteiger partial charge in [0, 0.05) is 29.5 Å². The molecule has 11 nitrogen and oxygen atoms in total. The van der Waals surface area contributed by atoms with E-state index in [2.05, 4.69) is 23.5 Å². The number of phenolic OH excluding ortho intramolecular Hbond substituents is 1. The fourth-order valence-electron chi connectivity index (χ4n) is 7.15. The molecular formula is C37H51N5O6S. The maximum absolute atomic E-state index is 14.5. The molecule has 3 amide bonds. The number of carbonyl (C=O) groups is 4. The molecule has 0 radical (unpaired) electrons. The summed E-state index contributed by atoms with van der Waals surface area (Å²) < 4.78 is 0. The fourth-order valence-corrected chi connectivity index (χ4v) is 8.08. The van der Waals surface area contributed by atoms with Crippen LogP contribution in [0, 0.1) is 5.92 Å². The lowest BCUT2D eigenvalue weighted by Crippen LogP contribution is -2.65. The zero-order valence-electron chi connectivity index (χ0n) is 29.5. The fraction of sp³-hybridized carbons (Fsp3) is 0.541. The summed E-state index contributed by atoms with van der Waals surface area (Å²) in [6.45, 7) is 20.7. The maximum atomic E-state index is 14.5. The molecule has 4 atom stereocenters. The van der Waals surface area contributed by atoms with Gasteiger partial charge in [0.1, 0.15) is 22.8 Å². The van der Waals surface area contributed by atoms with Crippen molar-refractivity contribution in [3.05, 3.63) is 71.2 Å². The summed E-state index contributed by atoms with van der Waals surface area (Å²) in [6.07, 6.45) is 6.46. The number of rotatable bonds is 14. The van der Waals surface area contributed by atoms with Crippen molar-refractivity contribution in [3.8, 4) is 5.75 Å². The van der Waals surface area contributed by atoms with E-state index >= 15 is 0 Å². The number of aromatic hydroxyl groups is 1. The average Bonchev–Trinajstić information content (AvgIpc) is 3.84. The summed E-state index contributed by atoms with van der Waals surface area (Å²) in [5.41, 5.74) is -0.524. The Morgan fingerprint density at radius 2 is 1.61 bits per heavy atom. The normalized spacial score (nSPS) is 19.6. The number of hydrogen-bond donors (Lipinski definition) is 3. The van der Waals surface area contributed by atoms with Crippen LogP contribution in [0.4, 0.5) is 0 Å². The molecule has 0 bridgehead atoms. The number of benzene rings is 1. The number of carboxylic acid groups (broad SMARTS) is 1. The Balaban J connectivity index is 1.61. The van der Waals surface area contributed by atoms with Crippen LogP contribution in [-0.4, -0.2) is 95.9 Å². The van der Waals surface area contributed by atoms with Crippen LogP contribution in [0.25, 0.3) is 0 Å². The van der Waals surface area contributed by atoms with Crippen molar-refractivity contribution in [2.45, 2.75) is 109 Å². The number of carboxylic acids is 1. The summed E-state index contributed by atoms with van der Waals surface area (Å²) >= 11 is 1.23. The van der Waals surface area contributed by atoms with Crippen LogP contribution >= 0.6 is 11.3 Å². The molecule has 3 heterocycles. The second kappa shape index (κ2) is 15.2. The molecule has 49 heavy (non-hydrogen) atoms. The van der Waals surface area contributed by atoms with Gasteiger partial charge in [-0.2, -0.15) is 0 Å². The molecule has 0 spiro atoms. The molecule has 4 unspecified atom stereocenters. The number of amides is 3. The van der Waals surface area contributed by atoms with E-state index in [0.29, 0.717) is 43.8 Å². The second-order valence-electron chi connectivity index (χ2n) is 14.5. The van der Waals surface area contributed by atoms with E-state index in [1.54, 1.807) is 46.2 Å². The van der Waals surface area contributed by atoms with E-state index < -0.39 is 35.2 Å². The first-order chi connectivity index (χ1) is 23.0. The van der Waals surface area contributed by atoms with Gasteiger partial charge in [0.15, 0.2) is 5.69 Å². The first-order valence-corrected chi connectivity index (χ1v) is 17.8. The van der Waals surface area contributed by atoms with Crippen LogP contribution in [-0.2, 0) is 20.8 Å². The second-order valence-corrected chi connectivity index (χ2v) is 15.3. The predicted octanol–water partition coefficient (Wildman–Crippen LogP) is 5.18. The minimum atomic E-state index is -1.11. The van der Waals surface area contributed by atoms with Crippen molar-refractivity contribution in [2.75, 3.05) is 13.1 Å². The zero-order chi connectivity index (χ0) is 36.3. The van der Waals surface area contributed by atoms with Gasteiger partial charge >= 0.3 is 5.97 Å². The van der Waals surface area contributed by atoms with Crippen LogP contribution in [0.1, 0.15) is 94.3 Å². The molecule has 266 valence electrons. The van der Waals surface area contributed by atoms with Gasteiger partial charge < -0.3 is 25.3 Å². The molecule has 2 aliphatic heterocycles. The number of phenols is 1. The molecule has 1 aromatic heterocycles. The average molecular weight is 694 g/mol. The molecule has 2 fully saturated rings. The lowest BCUT2D eigenvalue weighted by atomic mass is 9.87. The van der Waals surface area contributed by atoms with Gasteiger partial charge in [0.2, 0.25) is 17.7 Å². The van der Waals surface area contributed by atoms with Gasteiger partial charge in [-0.25, -0.2) is 9.78 Å². The Bertz CT molecular complexity index is 1530. The maximum Gasteiger partial charge on any atom is 0.355 e. The van der Waals surface area contributed by atoms with Crippen molar-refractivity contribution < 1.29 is 29.4 Å². The van der Waals surface area contributed by atoms with E-state index in [-0.39, 0.29) is 41.1 Å². The lowest BCUT2D eigenvalue weighted by Gasteiger charge is -2.50. The number of carbonyl (C=O) groups excluding carboxylic acids is 3. The van der Waals surface area contributed by atoms with Crippen LogP contribution in [0.5, 0.6) is 5.75 Å². The molecule has 1 aromatic carbocycles. The number of aromatic nitrogens is 1. The van der Waals surface area contributed by atoms with Crippen LogP contribution in [0.3, 0.4) is 0 Å². The van der Waals surface area contributed by atoms with Crippen LogP contribution in [0.15, 0.2) is 55.0 Å². The summed E-state index contributed by atoms with van der Waals surface area (Å²) in [5, 5.41) is 24.4. The number of thiazole rings is 1. The predicted molar refractivity (Wildman–Crippen MR) is 190 cm³/mol. The van der Waals surface area contributed by atoms with Gasteiger partial charge in [0.25, 0.3) is 0 Å². The Hall–Kier alpha value is -4.03. The number of nitrogens with zero attached hydrogens (tertiary/aromatic N) is 4. The van der Waals surface area contributed by atoms with Crippen molar-refractivity contribution >= 4 is 35.0 Å². The SMILES string of the molecule is C=CC(C)(C)N(C(Cc1ccc(O)cc1)C(=O)NC(C(=O)N1CCCC1C(=O)N1CCCC1c1nc(C(=O)O)cs1)C(C)C)C(C)(C)C=C. The number of aromatic carboxylic acids is 1. The molecule has 12 heteroatoms. The lowest BCUT2D eigenvalue weighted by molar-refractivity contribution is -0.147. The van der Waals surface area contributed by atoms with Crippen LogP contribution < -0.4 is 5.32 Å². The molecule has 2 aliphatic rings. The van der Waals surface area contributed by atoms with Crippen LogP contribution in [0.2, 0.25) is 0 Å². The molecule has 2 saturated heterocycles. The molecule has 2 aromatic rings. The van der Waals surface area contributed by atoms with Gasteiger partial charge in [-0.1, -0.05) is 38.1 Å². The van der Waals surface area contributed by atoms with Crippen molar-refractivity contribution in [2.24, 2.45) is 5.92 Å². The minimum absolute atomic E-state index is 0.0391. The van der Waals surface area contributed by atoms with Crippen molar-refractivity contribution in [3.63, 3.8) is 0 Å². The third-order valence-electron chi connectivity index (χ3n) is 9.83. The van der Waals surface area contributed by atoms with E-state index in [1.807, 2.05) is 46.4 Å². The monoisotopic (exact) mass is 693 g/mol. The summed E-state index contributed by atoms with van der Waals surface area (Å²) in [7, 11) is 0. The van der Waals surface area contributed by atoms with E-state index in [0.717, 1.165) is 12.0 Å². The number of nitrogens with one attached hydrogen (secondary N) is 1. The van der Waals surface area contributed by atoms with E-state index in [1.165, 1.54) is 16.7 Å². The largest absolute Gasteiger partial charge is 0.508 e. The summed E-state index contributed by atoms with van der Waals surface area (Å²) in [5.74, 6) is -2.09. The topological polar surface area (TPSA) is 143 Å². The highest BCUT2D eigenvalue weighted by molar-refractivity contribution is 7.09. The Morgan fingerprint density at radius 1 is 1.02 bits per heavy atom. The number of likely N-dealkylation sites (tertiary alicyclic amines) is 2. The molecule has 3 N–H and O–H groups in total. The zero-order valence-corrected chi connectivity index (χ0v) is 30.3. The third kappa shape index (κ3) is 8.24. The van der Waals surface area contributed by atoms with Crippen molar-refractivity contribution in [1.82, 2.24) is 25.0 Å². The highest BCUT2D eigenvalue weighted by Gasteiger charge is 2.46. The Labute approximate surface area is 293 Å². The molecule has 4 rings (SSSR count). The van der Waals surface area contributed by atoms with Gasteiger partial charge in [-0.3, -0.25) is 19.3 Å². The van der Waals surface area contributed by atoms with Crippen molar-refractivity contribution in [1.29, 1.82) is 0 Å². The Morgan fingerprint density at radius 3 is 2.16 bits per heavy atom. The van der Waals surface area contributed by atoms with Gasteiger partial charge in [-0.15, -0.1) is 24.5 Å². The standard InChI is InChI=1S/C37H51N5O6S/c1-9-36(5,6)42(37(7,8)10-2)29(21-24-15-17-25(43)18-16-24)31(44)39-30(23(3)4)34(46)41-20-12-14-28(41)33(45)40-19-11-13-27(40)32-38-26(22-49-32)35(47)48/h9-10,15-18,22-23,27-30,43H,1-2,11-14,19-21H2,3-8H3,(H,39,44)(H,47,48). The van der Waals surface area contributed by atoms with Gasteiger partial charge in [0.05, 0.1) is 12.1 Å². The quantitative estimate of drug-likeness (QED) is 0.230. The van der Waals surface area contributed by atoms with E-state index in [4.69, 9.17) is 0 Å². The van der Waals surface area contributed by atoms with Gasteiger partial charge in [-0.05, 0) is 83.4 Å². The number of hydrogen-bond acceptors (Lipinski definition) is 8. The molecular weight excluding hydrogens is 643 g/mol. The van der Waals surface area contributed by atoms with E-state index in [9.17, 15) is 29.4 Å². The third-order valence-corrected chi connectivity index (χ3v) is 10.8. The first kappa shape index (κ1) is 37.8. The highest BCUT2D eigenvalue weighted by atomic mass is 32.1. The minimum Gasteiger partial charge on any atom is -0.508 e.